The number of amides is 1. The highest BCUT2D eigenvalue weighted by Gasteiger charge is 2.20. The molecule has 0 atom stereocenters. The summed E-state index contributed by atoms with van der Waals surface area (Å²) >= 11 is 3.55. The highest BCUT2D eigenvalue weighted by Crippen LogP contribution is 2.22. The number of halogens is 1. The van der Waals surface area contributed by atoms with E-state index in [1.807, 2.05) is 0 Å². The molecule has 154 valence electrons. The van der Waals surface area contributed by atoms with Gasteiger partial charge < -0.3 is 20.0 Å². The number of likely N-dealkylation sites (N-methyl/N-ethyl adjacent to an activating group) is 1. The summed E-state index contributed by atoms with van der Waals surface area (Å²) in [6, 6.07) is 8.50. The van der Waals surface area contributed by atoms with Gasteiger partial charge in [0.1, 0.15) is 6.54 Å². The highest BCUT2D eigenvalue weighted by molar-refractivity contribution is 14.0. The molecule has 1 fully saturated rings. The van der Waals surface area contributed by atoms with E-state index in [1.165, 1.54) is 9.88 Å². The van der Waals surface area contributed by atoms with Crippen molar-refractivity contribution < 1.29 is 4.79 Å². The molecule has 6 nitrogen and oxygen atoms in total. The summed E-state index contributed by atoms with van der Waals surface area (Å²) in [5, 5.41) is 9.01. The maximum atomic E-state index is 12.0. The Bertz CT molecular complexity index is 726. The van der Waals surface area contributed by atoms with Crippen molar-refractivity contribution in [3.63, 3.8) is 0 Å². The fourth-order valence-corrected chi connectivity index (χ4v) is 4.39. The molecule has 1 aliphatic rings. The van der Waals surface area contributed by atoms with Crippen molar-refractivity contribution in [1.29, 1.82) is 0 Å². The van der Waals surface area contributed by atoms with Crippen LogP contribution in [0.25, 0.3) is 0 Å². The van der Waals surface area contributed by atoms with Gasteiger partial charge in [0.2, 0.25) is 5.91 Å². The molecule has 0 radical (unpaired) electrons. The van der Waals surface area contributed by atoms with E-state index < -0.39 is 0 Å². The van der Waals surface area contributed by atoms with E-state index in [9.17, 15) is 4.79 Å². The summed E-state index contributed by atoms with van der Waals surface area (Å²) in [6.45, 7) is 4.74. The van der Waals surface area contributed by atoms with Gasteiger partial charge in [-0.3, -0.25) is 4.79 Å². The number of nitrogens with one attached hydrogen (secondary N) is 1. The van der Waals surface area contributed by atoms with Crippen LogP contribution in [-0.2, 0) is 11.2 Å². The molecular weight excluding hydrogens is 505 g/mol. The molecule has 0 bridgehead atoms. The van der Waals surface area contributed by atoms with Crippen molar-refractivity contribution in [3.05, 3.63) is 39.9 Å². The zero-order valence-electron chi connectivity index (χ0n) is 16.3. The molecule has 1 N–H and O–H groups in total. The molecular formula is C19H28IN5OS2. The smallest absolute Gasteiger partial charge is 0.243 e. The third-order valence-electron chi connectivity index (χ3n) is 4.49. The van der Waals surface area contributed by atoms with Gasteiger partial charge in [-0.15, -0.1) is 46.7 Å². The molecule has 0 spiro atoms. The summed E-state index contributed by atoms with van der Waals surface area (Å²) in [5.41, 5.74) is 0. The fraction of sp³-hybridized carbons (Fsp3) is 0.474. The minimum Gasteiger partial charge on any atom is -0.360 e. The summed E-state index contributed by atoms with van der Waals surface area (Å²) in [4.78, 5) is 24.2. The minimum atomic E-state index is 0. The van der Waals surface area contributed by atoms with Crippen molar-refractivity contribution in [2.75, 3.05) is 58.3 Å². The van der Waals surface area contributed by atoms with Crippen LogP contribution in [-0.4, -0.2) is 75.0 Å². The van der Waals surface area contributed by atoms with Crippen LogP contribution in [0.15, 0.2) is 40.0 Å². The summed E-state index contributed by atoms with van der Waals surface area (Å²) in [7, 11) is 3.53. The number of anilines is 1. The van der Waals surface area contributed by atoms with Gasteiger partial charge in [-0.25, -0.2) is 4.99 Å². The average molecular weight is 534 g/mol. The molecule has 0 aliphatic carbocycles. The second-order valence-corrected chi connectivity index (χ2v) is 8.57. The molecule has 2 aromatic rings. The van der Waals surface area contributed by atoms with Crippen LogP contribution in [0.4, 0.5) is 5.00 Å². The number of piperazine rings is 1. The molecule has 0 unspecified atom stereocenters. The monoisotopic (exact) mass is 533 g/mol. The van der Waals surface area contributed by atoms with E-state index in [4.69, 9.17) is 0 Å². The Labute approximate surface area is 192 Å². The Kier molecular flexibility index (Phi) is 9.52. The van der Waals surface area contributed by atoms with Crippen LogP contribution >= 0.6 is 46.7 Å². The zero-order valence-corrected chi connectivity index (χ0v) is 20.3. The van der Waals surface area contributed by atoms with Gasteiger partial charge in [0.15, 0.2) is 5.96 Å². The molecule has 1 saturated heterocycles. The van der Waals surface area contributed by atoms with Crippen LogP contribution in [0.1, 0.15) is 4.88 Å². The van der Waals surface area contributed by atoms with Gasteiger partial charge in [-0.2, -0.15) is 0 Å². The first-order valence-electron chi connectivity index (χ1n) is 9.18. The number of carbonyl (C=O) groups is 1. The van der Waals surface area contributed by atoms with Crippen LogP contribution in [0.5, 0.6) is 0 Å². The highest BCUT2D eigenvalue weighted by atomic mass is 127. The van der Waals surface area contributed by atoms with Crippen LogP contribution in [0.3, 0.4) is 0 Å². The van der Waals surface area contributed by atoms with E-state index >= 15 is 0 Å². The van der Waals surface area contributed by atoms with E-state index in [0.29, 0.717) is 0 Å². The quantitative estimate of drug-likeness (QED) is 0.353. The zero-order chi connectivity index (χ0) is 19.1. The first-order valence-corrected chi connectivity index (χ1v) is 10.9. The Balaban J connectivity index is 0.00000280. The molecule has 1 aliphatic heterocycles. The number of hydrogen-bond donors (Lipinski definition) is 1. The minimum absolute atomic E-state index is 0. The van der Waals surface area contributed by atoms with E-state index in [0.717, 1.165) is 45.1 Å². The first kappa shape index (κ1) is 23.0. The van der Waals surface area contributed by atoms with Crippen LogP contribution in [0, 0.1) is 0 Å². The molecule has 1 amide bonds. The predicted molar refractivity (Wildman–Crippen MR) is 131 cm³/mol. The van der Waals surface area contributed by atoms with Gasteiger partial charge in [0.25, 0.3) is 0 Å². The Morgan fingerprint density at radius 3 is 2.46 bits per heavy atom. The molecule has 2 aromatic heterocycles. The van der Waals surface area contributed by atoms with Gasteiger partial charge >= 0.3 is 0 Å². The van der Waals surface area contributed by atoms with Gasteiger partial charge in [0.05, 0.1) is 5.00 Å². The Morgan fingerprint density at radius 2 is 1.86 bits per heavy atom. The molecule has 0 saturated carbocycles. The van der Waals surface area contributed by atoms with Crippen molar-refractivity contribution in [1.82, 2.24) is 15.1 Å². The van der Waals surface area contributed by atoms with Gasteiger partial charge in [-0.1, -0.05) is 6.07 Å². The number of thiophene rings is 2. The molecule has 3 rings (SSSR count). The summed E-state index contributed by atoms with van der Waals surface area (Å²) < 4.78 is 0. The fourth-order valence-electron chi connectivity index (χ4n) is 2.89. The lowest BCUT2D eigenvalue weighted by Crippen LogP contribution is -2.53. The average Bonchev–Trinajstić information content (AvgIpc) is 3.38. The normalized spacial score (nSPS) is 14.6. The van der Waals surface area contributed by atoms with Gasteiger partial charge in [0, 0.05) is 51.7 Å². The third-order valence-corrected chi connectivity index (χ3v) is 6.36. The molecule has 0 aromatic carbocycles. The number of nitrogens with zero attached hydrogens (tertiary/aromatic N) is 4. The topological polar surface area (TPSA) is 51.2 Å². The van der Waals surface area contributed by atoms with E-state index in [-0.39, 0.29) is 36.4 Å². The number of rotatable bonds is 6. The number of aliphatic imine (C=N–C) groups is 1. The lowest BCUT2D eigenvalue weighted by atomic mass is 10.3. The lowest BCUT2D eigenvalue weighted by Gasteiger charge is -2.37. The van der Waals surface area contributed by atoms with Crippen molar-refractivity contribution in [3.8, 4) is 0 Å². The van der Waals surface area contributed by atoms with Crippen molar-refractivity contribution >= 4 is 63.5 Å². The SMILES string of the molecule is CN(C)C(=O)CN=C(NCCc1cccs1)N1CCN(c2cccs2)CC1.I. The van der Waals surface area contributed by atoms with Crippen LogP contribution < -0.4 is 10.2 Å². The molecule has 9 heteroatoms. The first-order chi connectivity index (χ1) is 13.1. The Hall–Kier alpha value is -1.33. The van der Waals surface area contributed by atoms with Crippen molar-refractivity contribution in [2.45, 2.75) is 6.42 Å². The van der Waals surface area contributed by atoms with Gasteiger partial charge in [-0.05, 0) is 35.4 Å². The predicted octanol–water partition coefficient (Wildman–Crippen LogP) is 2.83. The standard InChI is InChI=1S/C19H27N5OS2.HI/c1-22(2)17(25)15-21-19(20-8-7-16-5-3-13-26-16)24-11-9-23(10-12-24)18-6-4-14-27-18;/h3-6,13-14H,7-12,15H2,1-2H3,(H,20,21);1H. The maximum absolute atomic E-state index is 12.0. The Morgan fingerprint density at radius 1 is 1.14 bits per heavy atom. The van der Waals surface area contributed by atoms with E-state index in [2.05, 4.69) is 55.1 Å². The largest absolute Gasteiger partial charge is 0.360 e. The summed E-state index contributed by atoms with van der Waals surface area (Å²) in [5.74, 6) is 0.859. The number of guanidine groups is 1. The van der Waals surface area contributed by atoms with Crippen LogP contribution in [0.2, 0.25) is 0 Å². The summed E-state index contributed by atoms with van der Waals surface area (Å²) in [6.07, 6.45) is 0.966. The third kappa shape index (κ3) is 6.63. The number of hydrogen-bond acceptors (Lipinski definition) is 5. The van der Waals surface area contributed by atoms with E-state index in [1.54, 1.807) is 41.7 Å². The molecule has 3 heterocycles. The second-order valence-electron chi connectivity index (χ2n) is 6.61. The van der Waals surface area contributed by atoms with Crippen molar-refractivity contribution in [2.24, 2.45) is 4.99 Å². The maximum Gasteiger partial charge on any atom is 0.243 e. The second kappa shape index (κ2) is 11.6. The lowest BCUT2D eigenvalue weighted by molar-refractivity contribution is -0.127. The molecule has 28 heavy (non-hydrogen) atoms. The number of carbonyl (C=O) groups excluding carboxylic acids is 1.